The summed E-state index contributed by atoms with van der Waals surface area (Å²) in [5.41, 5.74) is 0. The first-order valence-corrected chi connectivity index (χ1v) is 8.62. The first kappa shape index (κ1) is 18.4. The molecule has 0 fully saturated rings. The van der Waals surface area contributed by atoms with Crippen molar-refractivity contribution in [3.8, 4) is 11.5 Å². The van der Waals surface area contributed by atoms with Crippen LogP contribution < -0.4 is 9.47 Å². The molecule has 2 rings (SSSR count). The fourth-order valence-corrected chi connectivity index (χ4v) is 3.08. The van der Waals surface area contributed by atoms with Crippen molar-refractivity contribution < 1.29 is 14.3 Å². The number of benzene rings is 1. The highest BCUT2D eigenvalue weighted by atomic mass is 35.5. The summed E-state index contributed by atoms with van der Waals surface area (Å²) >= 11 is 24.7. The Morgan fingerprint density at radius 2 is 1.83 bits per heavy atom. The Labute approximate surface area is 157 Å². The number of hydrogen-bond acceptors (Lipinski definition) is 4. The lowest BCUT2D eigenvalue weighted by Crippen LogP contribution is -1.97. The number of aldehydes is 1. The van der Waals surface area contributed by atoms with Gasteiger partial charge in [-0.05, 0) is 18.2 Å². The van der Waals surface area contributed by atoms with Crippen molar-refractivity contribution in [1.29, 1.82) is 0 Å². The van der Waals surface area contributed by atoms with Gasteiger partial charge in [0.2, 0.25) is 0 Å². The van der Waals surface area contributed by atoms with Crippen molar-refractivity contribution in [2.45, 2.75) is 6.61 Å². The maximum Gasteiger partial charge on any atom is 0.160 e. The molecule has 1 aromatic carbocycles. The molecular weight excluding hydrogens is 402 g/mol. The summed E-state index contributed by atoms with van der Waals surface area (Å²) in [6.45, 7) is 0.460. The van der Waals surface area contributed by atoms with Crippen LogP contribution in [0, 0.1) is 0 Å². The van der Waals surface area contributed by atoms with Crippen LogP contribution in [-0.4, -0.2) is 12.9 Å². The first-order chi connectivity index (χ1) is 11.0. The molecule has 23 heavy (non-hydrogen) atoms. The average molecular weight is 412 g/mol. The minimum absolute atomic E-state index is 0.118. The van der Waals surface area contributed by atoms with Crippen LogP contribution in [0.5, 0.6) is 11.5 Å². The van der Waals surface area contributed by atoms with Crippen LogP contribution in [0.1, 0.15) is 14.5 Å². The Hall–Kier alpha value is -0.910. The number of rotatable bonds is 7. The molecule has 0 radical (unpaired) electrons. The monoisotopic (exact) mass is 410 g/mol. The van der Waals surface area contributed by atoms with Gasteiger partial charge in [0.05, 0.1) is 14.9 Å². The van der Waals surface area contributed by atoms with E-state index in [0.29, 0.717) is 26.4 Å². The molecule has 0 unspecified atom stereocenters. The number of carbonyl (C=O) groups excluding carboxylic acids is 1. The molecule has 0 amide bonds. The zero-order valence-corrected chi connectivity index (χ0v) is 15.4. The topological polar surface area (TPSA) is 35.5 Å². The summed E-state index contributed by atoms with van der Waals surface area (Å²) < 4.78 is 11.2. The molecule has 0 spiro atoms. The van der Waals surface area contributed by atoms with Gasteiger partial charge in [0.15, 0.2) is 12.0 Å². The quantitative estimate of drug-likeness (QED) is 0.513. The Balaban J connectivity index is 2.04. The number of thiophene rings is 1. The number of hydrogen-bond donors (Lipinski definition) is 0. The van der Waals surface area contributed by atoms with Crippen molar-refractivity contribution in [3.63, 3.8) is 0 Å². The van der Waals surface area contributed by atoms with Gasteiger partial charge in [-0.1, -0.05) is 46.4 Å². The highest BCUT2D eigenvalue weighted by Gasteiger charge is 2.11. The smallest absolute Gasteiger partial charge is 0.160 e. The Morgan fingerprint density at radius 1 is 1.13 bits per heavy atom. The van der Waals surface area contributed by atoms with Crippen molar-refractivity contribution in [1.82, 2.24) is 0 Å². The standard InChI is InChI=1S/C15H10Cl4O3S/c16-12-5-9(21-4-3-14(18)19)6-13(17)15(12)22-8-11-2-1-10(7-20)23-11/h1-3,5-7H,4,8H2. The predicted molar refractivity (Wildman–Crippen MR) is 95.8 cm³/mol. The number of ether oxygens (including phenoxy) is 2. The van der Waals surface area contributed by atoms with E-state index in [0.717, 1.165) is 11.2 Å². The molecule has 0 aliphatic rings. The van der Waals surface area contributed by atoms with E-state index in [1.54, 1.807) is 18.2 Å². The average Bonchev–Trinajstić information content (AvgIpc) is 2.94. The molecule has 2 aromatic rings. The van der Waals surface area contributed by atoms with E-state index in [-0.39, 0.29) is 17.7 Å². The van der Waals surface area contributed by atoms with Crippen LogP contribution in [-0.2, 0) is 6.61 Å². The van der Waals surface area contributed by atoms with Gasteiger partial charge in [0, 0.05) is 17.0 Å². The maximum absolute atomic E-state index is 10.7. The number of halogens is 4. The van der Waals surface area contributed by atoms with Crippen LogP contribution in [0.15, 0.2) is 34.8 Å². The van der Waals surface area contributed by atoms with Crippen molar-refractivity contribution >= 4 is 64.0 Å². The summed E-state index contributed by atoms with van der Waals surface area (Å²) in [5, 5.41) is 0.640. The molecule has 122 valence electrons. The van der Waals surface area contributed by atoms with E-state index >= 15 is 0 Å². The third-order valence-electron chi connectivity index (χ3n) is 2.62. The first-order valence-electron chi connectivity index (χ1n) is 6.29. The minimum Gasteiger partial charge on any atom is -0.489 e. The van der Waals surface area contributed by atoms with Crippen LogP contribution in [0.25, 0.3) is 0 Å². The molecule has 1 heterocycles. The molecule has 8 heteroatoms. The lowest BCUT2D eigenvalue weighted by Gasteiger charge is -2.11. The van der Waals surface area contributed by atoms with Crippen LogP contribution >= 0.6 is 57.7 Å². The fourth-order valence-electron chi connectivity index (χ4n) is 1.64. The van der Waals surface area contributed by atoms with Gasteiger partial charge in [-0.25, -0.2) is 0 Å². The summed E-state index contributed by atoms with van der Waals surface area (Å²) in [6.07, 6.45) is 2.29. The largest absolute Gasteiger partial charge is 0.489 e. The highest BCUT2D eigenvalue weighted by molar-refractivity contribution is 7.13. The second-order valence-electron chi connectivity index (χ2n) is 4.23. The van der Waals surface area contributed by atoms with Gasteiger partial charge in [0.1, 0.15) is 23.5 Å². The van der Waals surface area contributed by atoms with Crippen LogP contribution in [0.2, 0.25) is 10.0 Å². The van der Waals surface area contributed by atoms with E-state index in [1.165, 1.54) is 17.4 Å². The number of carbonyl (C=O) groups is 1. The zero-order valence-electron chi connectivity index (χ0n) is 11.5. The van der Waals surface area contributed by atoms with Crippen LogP contribution in [0.4, 0.5) is 0 Å². The molecule has 0 aliphatic carbocycles. The molecule has 1 aromatic heterocycles. The highest BCUT2D eigenvalue weighted by Crippen LogP contribution is 2.37. The van der Waals surface area contributed by atoms with Crippen LogP contribution in [0.3, 0.4) is 0 Å². The second-order valence-corrected chi connectivity index (χ2v) is 7.25. The lowest BCUT2D eigenvalue weighted by molar-refractivity contribution is 0.112. The van der Waals surface area contributed by atoms with Crippen molar-refractivity contribution in [2.75, 3.05) is 6.61 Å². The molecule has 0 saturated carbocycles. The van der Waals surface area contributed by atoms with Gasteiger partial charge < -0.3 is 9.47 Å². The van der Waals surface area contributed by atoms with Gasteiger partial charge >= 0.3 is 0 Å². The maximum atomic E-state index is 10.7. The summed E-state index contributed by atoms with van der Waals surface area (Å²) in [5.74, 6) is 0.824. The van der Waals surface area contributed by atoms with E-state index in [4.69, 9.17) is 55.9 Å². The predicted octanol–water partition coefficient (Wildman–Crippen LogP) is 6.14. The van der Waals surface area contributed by atoms with Gasteiger partial charge in [-0.3, -0.25) is 4.79 Å². The SMILES string of the molecule is O=Cc1ccc(COc2c(Cl)cc(OCC=C(Cl)Cl)cc2Cl)s1. The third kappa shape index (κ3) is 5.59. The normalized spacial score (nSPS) is 10.3. The molecule has 0 atom stereocenters. The third-order valence-corrected chi connectivity index (χ3v) is 4.47. The minimum atomic E-state index is 0.118. The zero-order chi connectivity index (χ0) is 16.8. The van der Waals surface area contributed by atoms with Crippen molar-refractivity contribution in [2.24, 2.45) is 0 Å². The molecule has 0 aliphatic heterocycles. The van der Waals surface area contributed by atoms with E-state index in [1.807, 2.05) is 6.07 Å². The van der Waals surface area contributed by atoms with E-state index < -0.39 is 0 Å². The Bertz CT molecular complexity index is 700. The Morgan fingerprint density at radius 3 is 2.39 bits per heavy atom. The Kier molecular flexibility index (Phi) is 7.06. The second kappa shape index (κ2) is 8.81. The van der Waals surface area contributed by atoms with Gasteiger partial charge in [-0.2, -0.15) is 0 Å². The van der Waals surface area contributed by atoms with E-state index in [2.05, 4.69) is 0 Å². The molecule has 0 bridgehead atoms. The summed E-state index contributed by atoms with van der Waals surface area (Å²) in [6, 6.07) is 6.72. The molecular formula is C15H10Cl4O3S. The molecule has 0 N–H and O–H groups in total. The summed E-state index contributed by atoms with van der Waals surface area (Å²) in [4.78, 5) is 12.2. The molecule has 3 nitrogen and oxygen atoms in total. The molecule has 0 saturated heterocycles. The van der Waals surface area contributed by atoms with Gasteiger partial charge in [0.25, 0.3) is 0 Å². The van der Waals surface area contributed by atoms with Gasteiger partial charge in [-0.15, -0.1) is 11.3 Å². The summed E-state index contributed by atoms with van der Waals surface area (Å²) in [7, 11) is 0. The fraction of sp³-hybridized carbons (Fsp3) is 0.133. The van der Waals surface area contributed by atoms with E-state index in [9.17, 15) is 4.79 Å². The van der Waals surface area contributed by atoms with Crippen molar-refractivity contribution in [3.05, 3.63) is 54.6 Å². The lowest BCUT2D eigenvalue weighted by atomic mass is 10.3.